The van der Waals surface area contributed by atoms with Gasteiger partial charge in [-0.1, -0.05) is 0 Å². The number of anilines is 1. The Morgan fingerprint density at radius 1 is 1.26 bits per heavy atom. The smallest absolute Gasteiger partial charge is 0.232 e. The molecule has 0 aliphatic heterocycles. The van der Waals surface area contributed by atoms with Gasteiger partial charge < -0.3 is 10.1 Å². The maximum atomic E-state index is 12.8. The molecular weight excluding hydrogens is 337 g/mol. The fraction of sp³-hybridized carbons (Fsp3) is 0.133. The number of carbonyl (C=O) groups is 1. The van der Waals surface area contributed by atoms with E-state index in [1.807, 2.05) is 5.38 Å². The van der Waals surface area contributed by atoms with Crippen LogP contribution in [0, 0.1) is 5.82 Å². The molecule has 8 heteroatoms. The molecule has 0 bridgehead atoms. The van der Waals surface area contributed by atoms with Crippen LogP contribution in [0.25, 0.3) is 0 Å². The van der Waals surface area contributed by atoms with Gasteiger partial charge in [-0.05, 0) is 24.3 Å². The zero-order valence-corrected chi connectivity index (χ0v) is 13.5. The molecule has 0 atom stereocenters. The molecule has 118 valence electrons. The lowest BCUT2D eigenvalue weighted by Crippen LogP contribution is -2.14. The van der Waals surface area contributed by atoms with Gasteiger partial charge in [-0.25, -0.2) is 14.4 Å². The van der Waals surface area contributed by atoms with Crippen LogP contribution in [0.5, 0.6) is 5.75 Å². The summed E-state index contributed by atoms with van der Waals surface area (Å²) in [5.41, 5.74) is 0.682. The van der Waals surface area contributed by atoms with E-state index in [0.717, 1.165) is 5.01 Å². The third-order valence-corrected chi connectivity index (χ3v) is 4.36. The summed E-state index contributed by atoms with van der Waals surface area (Å²) in [5.74, 6) is 0.112. The van der Waals surface area contributed by atoms with Crippen molar-refractivity contribution in [1.29, 1.82) is 0 Å². The summed E-state index contributed by atoms with van der Waals surface area (Å²) >= 11 is 2.78. The van der Waals surface area contributed by atoms with Crippen molar-refractivity contribution in [1.82, 2.24) is 9.97 Å². The Hall–Kier alpha value is -2.32. The molecule has 0 spiro atoms. The highest BCUT2D eigenvalue weighted by atomic mass is 32.1. The standard InChI is InChI=1S/C15H12FN3O2S2/c16-10-1-3-12(4-2-10)21-8-14-18-11(9-23-14)7-13(20)19-15-17-5-6-22-15/h1-6,9H,7-8H2,(H,17,19,20). The van der Waals surface area contributed by atoms with E-state index in [9.17, 15) is 9.18 Å². The summed E-state index contributed by atoms with van der Waals surface area (Å²) in [5, 5.41) is 7.66. The molecule has 2 heterocycles. The Kier molecular flexibility index (Phi) is 4.94. The summed E-state index contributed by atoms with van der Waals surface area (Å²) < 4.78 is 18.3. The molecule has 3 aromatic rings. The minimum Gasteiger partial charge on any atom is -0.486 e. The van der Waals surface area contributed by atoms with Gasteiger partial charge in [-0.3, -0.25) is 4.79 Å². The third-order valence-electron chi connectivity index (χ3n) is 2.80. The lowest BCUT2D eigenvalue weighted by molar-refractivity contribution is -0.115. The van der Waals surface area contributed by atoms with Gasteiger partial charge in [-0.2, -0.15) is 0 Å². The average molecular weight is 349 g/mol. The Morgan fingerprint density at radius 3 is 2.83 bits per heavy atom. The van der Waals surface area contributed by atoms with Crippen LogP contribution in [-0.2, 0) is 17.8 Å². The number of hydrogen-bond donors (Lipinski definition) is 1. The van der Waals surface area contributed by atoms with Gasteiger partial charge >= 0.3 is 0 Å². The van der Waals surface area contributed by atoms with Gasteiger partial charge in [0.1, 0.15) is 23.2 Å². The Balaban J connectivity index is 1.51. The predicted molar refractivity (Wildman–Crippen MR) is 87.3 cm³/mol. The van der Waals surface area contributed by atoms with E-state index in [1.165, 1.54) is 34.8 Å². The maximum absolute atomic E-state index is 12.8. The normalized spacial score (nSPS) is 10.5. The van der Waals surface area contributed by atoms with Gasteiger partial charge in [0.25, 0.3) is 0 Å². The minimum atomic E-state index is -0.305. The fourth-order valence-corrected chi connectivity index (χ4v) is 3.04. The summed E-state index contributed by atoms with van der Waals surface area (Å²) in [4.78, 5) is 20.2. The second-order valence-electron chi connectivity index (χ2n) is 4.54. The zero-order chi connectivity index (χ0) is 16.1. The first-order chi connectivity index (χ1) is 11.2. The zero-order valence-electron chi connectivity index (χ0n) is 11.9. The van der Waals surface area contributed by atoms with Crippen molar-refractivity contribution in [2.24, 2.45) is 0 Å². The molecule has 0 aliphatic rings. The van der Waals surface area contributed by atoms with Gasteiger partial charge in [0.05, 0.1) is 12.1 Å². The molecular formula is C15H12FN3O2S2. The van der Waals surface area contributed by atoms with Gasteiger partial charge in [0.2, 0.25) is 5.91 Å². The van der Waals surface area contributed by atoms with Crippen LogP contribution in [0.4, 0.5) is 9.52 Å². The molecule has 2 aromatic heterocycles. The Morgan fingerprint density at radius 2 is 2.09 bits per heavy atom. The number of amides is 1. The highest BCUT2D eigenvalue weighted by Crippen LogP contribution is 2.17. The predicted octanol–water partition coefficient (Wildman–Crippen LogP) is 3.50. The lowest BCUT2D eigenvalue weighted by atomic mass is 10.3. The largest absolute Gasteiger partial charge is 0.486 e. The number of rotatable bonds is 6. The van der Waals surface area contributed by atoms with E-state index < -0.39 is 0 Å². The summed E-state index contributed by atoms with van der Waals surface area (Å²) in [7, 11) is 0. The quantitative estimate of drug-likeness (QED) is 0.740. The highest BCUT2D eigenvalue weighted by molar-refractivity contribution is 7.13. The SMILES string of the molecule is O=C(Cc1csc(COc2ccc(F)cc2)n1)Nc1nccs1. The Bertz CT molecular complexity index is 772. The van der Waals surface area contributed by atoms with E-state index in [1.54, 1.807) is 23.7 Å². The van der Waals surface area contributed by atoms with Crippen LogP contribution in [0.3, 0.4) is 0 Å². The first-order valence-corrected chi connectivity index (χ1v) is 8.46. The molecule has 0 radical (unpaired) electrons. The average Bonchev–Trinajstić information content (AvgIpc) is 3.19. The van der Waals surface area contributed by atoms with Crippen molar-refractivity contribution < 1.29 is 13.9 Å². The number of nitrogens with zero attached hydrogens (tertiary/aromatic N) is 2. The lowest BCUT2D eigenvalue weighted by Gasteiger charge is -2.03. The monoisotopic (exact) mass is 349 g/mol. The second-order valence-corrected chi connectivity index (χ2v) is 6.37. The van der Waals surface area contributed by atoms with Crippen molar-refractivity contribution in [2.45, 2.75) is 13.0 Å². The Labute approximate surface area is 139 Å². The first kappa shape index (κ1) is 15.6. The van der Waals surface area contributed by atoms with Crippen molar-refractivity contribution in [2.75, 3.05) is 5.32 Å². The molecule has 0 aliphatic carbocycles. The van der Waals surface area contributed by atoms with E-state index in [2.05, 4.69) is 15.3 Å². The van der Waals surface area contributed by atoms with E-state index in [4.69, 9.17) is 4.74 Å². The number of carbonyl (C=O) groups excluding carboxylic acids is 1. The number of aromatic nitrogens is 2. The molecule has 0 saturated carbocycles. The van der Waals surface area contributed by atoms with Gasteiger partial charge in [-0.15, -0.1) is 22.7 Å². The van der Waals surface area contributed by atoms with Crippen LogP contribution >= 0.6 is 22.7 Å². The number of nitrogens with one attached hydrogen (secondary N) is 1. The molecule has 0 fully saturated rings. The van der Waals surface area contributed by atoms with E-state index in [0.29, 0.717) is 16.6 Å². The van der Waals surface area contributed by atoms with E-state index >= 15 is 0 Å². The first-order valence-electron chi connectivity index (χ1n) is 6.70. The molecule has 0 saturated heterocycles. The van der Waals surface area contributed by atoms with Crippen molar-refractivity contribution in [3.05, 3.63) is 57.7 Å². The van der Waals surface area contributed by atoms with Crippen LogP contribution in [0.1, 0.15) is 10.7 Å². The summed E-state index contributed by atoms with van der Waals surface area (Å²) in [6, 6.07) is 5.80. The molecule has 23 heavy (non-hydrogen) atoms. The third kappa shape index (κ3) is 4.57. The van der Waals surface area contributed by atoms with Crippen LogP contribution in [0.15, 0.2) is 41.2 Å². The van der Waals surface area contributed by atoms with Gasteiger partial charge in [0, 0.05) is 17.0 Å². The number of thiazole rings is 2. The molecule has 1 amide bonds. The van der Waals surface area contributed by atoms with Gasteiger partial charge in [0.15, 0.2) is 5.13 Å². The number of ether oxygens (including phenoxy) is 1. The van der Waals surface area contributed by atoms with Crippen LogP contribution in [-0.4, -0.2) is 15.9 Å². The van der Waals surface area contributed by atoms with Crippen molar-refractivity contribution in [3.8, 4) is 5.75 Å². The number of hydrogen-bond acceptors (Lipinski definition) is 6. The number of halogens is 1. The fourth-order valence-electron chi connectivity index (χ4n) is 1.79. The topological polar surface area (TPSA) is 64.1 Å². The molecule has 5 nitrogen and oxygen atoms in total. The highest BCUT2D eigenvalue weighted by Gasteiger charge is 2.09. The van der Waals surface area contributed by atoms with E-state index in [-0.39, 0.29) is 24.8 Å². The molecule has 0 unspecified atom stereocenters. The van der Waals surface area contributed by atoms with Crippen molar-refractivity contribution in [3.63, 3.8) is 0 Å². The summed E-state index contributed by atoms with van der Waals surface area (Å²) in [6.45, 7) is 0.282. The molecule has 1 N–H and O–H groups in total. The molecule has 1 aromatic carbocycles. The van der Waals surface area contributed by atoms with Crippen LogP contribution < -0.4 is 10.1 Å². The van der Waals surface area contributed by atoms with Crippen LogP contribution in [0.2, 0.25) is 0 Å². The minimum absolute atomic E-state index is 0.156. The number of benzene rings is 1. The maximum Gasteiger partial charge on any atom is 0.232 e. The second kappa shape index (κ2) is 7.30. The van der Waals surface area contributed by atoms with Crippen molar-refractivity contribution >= 4 is 33.7 Å². The molecule has 3 rings (SSSR count). The summed E-state index contributed by atoms with van der Waals surface area (Å²) in [6.07, 6.45) is 1.82.